The van der Waals surface area contributed by atoms with Crippen LogP contribution in [0.25, 0.3) is 11.1 Å². The Morgan fingerprint density at radius 3 is 2.46 bits per heavy atom. The van der Waals surface area contributed by atoms with Gasteiger partial charge in [0.25, 0.3) is 0 Å². The van der Waals surface area contributed by atoms with E-state index in [9.17, 15) is 0 Å². The first-order valence-electron chi connectivity index (χ1n) is 3.99. The summed E-state index contributed by atoms with van der Waals surface area (Å²) in [5.41, 5.74) is 2.54. The Morgan fingerprint density at radius 1 is 1.15 bits per heavy atom. The van der Waals surface area contributed by atoms with Crippen LogP contribution in [0.15, 0.2) is 40.6 Å². The fourth-order valence-corrected chi connectivity index (χ4v) is 2.17. The molecule has 13 heavy (non-hydrogen) atoms. The normalized spacial score (nSPS) is 10.2. The largest absolute Gasteiger partial charge is 0.142 e. The van der Waals surface area contributed by atoms with Crippen molar-refractivity contribution < 1.29 is 0 Å². The van der Waals surface area contributed by atoms with E-state index >= 15 is 0 Å². The molecule has 0 aliphatic rings. The van der Waals surface area contributed by atoms with Gasteiger partial charge >= 0.3 is 0 Å². The summed E-state index contributed by atoms with van der Waals surface area (Å²) >= 11 is 3.38. The van der Waals surface area contributed by atoms with Gasteiger partial charge in [-0.1, -0.05) is 12.1 Å². The van der Waals surface area contributed by atoms with E-state index in [-0.39, 0.29) is 0 Å². The van der Waals surface area contributed by atoms with E-state index in [1.54, 1.807) is 23.1 Å². The molecule has 0 amide bonds. The fraction of sp³-hybridized carbons (Fsp3) is 0.0909. The van der Waals surface area contributed by atoms with Gasteiger partial charge in [-0.2, -0.15) is 0 Å². The van der Waals surface area contributed by atoms with Gasteiger partial charge in [-0.3, -0.25) is 0 Å². The molecule has 0 saturated carbocycles. The summed E-state index contributed by atoms with van der Waals surface area (Å²) in [6, 6.07) is 10.6. The van der Waals surface area contributed by atoms with Crippen LogP contribution in [-0.4, -0.2) is 6.26 Å². The monoisotopic (exact) mass is 205 g/mol. The molecule has 0 atom stereocenters. The Balaban J connectivity index is 2.33. The summed E-state index contributed by atoms with van der Waals surface area (Å²) in [5.74, 6) is 0. The summed E-state index contributed by atoms with van der Waals surface area (Å²) in [4.78, 5) is 1.31. The summed E-state index contributed by atoms with van der Waals surface area (Å²) in [6.45, 7) is 0. The van der Waals surface area contributed by atoms with Crippen LogP contribution >= 0.6 is 23.1 Å². The second-order valence-electron chi connectivity index (χ2n) is 2.68. The Labute approximate surface area is 86.6 Å². The zero-order chi connectivity index (χ0) is 9.10. The van der Waals surface area contributed by atoms with Crippen molar-refractivity contribution >= 4 is 23.1 Å². The lowest BCUT2D eigenvalue weighted by Crippen LogP contribution is -1.73. The van der Waals surface area contributed by atoms with Gasteiger partial charge in [0, 0.05) is 10.3 Å². The second kappa shape index (κ2) is 3.99. The molecule has 2 aromatic rings. The van der Waals surface area contributed by atoms with Crippen LogP contribution in [0.3, 0.4) is 0 Å². The maximum atomic E-state index is 3.09. The van der Waals surface area contributed by atoms with Gasteiger partial charge in [0.2, 0.25) is 0 Å². The maximum absolute atomic E-state index is 3.09. The van der Waals surface area contributed by atoms with Crippen molar-refractivity contribution in [3.05, 3.63) is 41.1 Å². The number of thioether (sulfide) groups is 1. The summed E-state index contributed by atoms with van der Waals surface area (Å²) in [7, 11) is 0. The highest BCUT2D eigenvalue weighted by Gasteiger charge is 1.97. The standard InChI is InChI=1S/C11H9S2/c1-12-11-4-2-9(3-5-11)10-6-7-13-8-10/h2-6,8H,1H3. The molecule has 1 heterocycles. The third kappa shape index (κ3) is 1.95. The van der Waals surface area contributed by atoms with Crippen LogP contribution in [0, 0.1) is 5.38 Å². The van der Waals surface area contributed by atoms with Crippen molar-refractivity contribution in [2.45, 2.75) is 4.90 Å². The predicted octanol–water partition coefficient (Wildman–Crippen LogP) is 3.94. The Morgan fingerprint density at radius 2 is 1.92 bits per heavy atom. The number of hydrogen-bond acceptors (Lipinski definition) is 2. The molecule has 0 aliphatic carbocycles. The zero-order valence-electron chi connectivity index (χ0n) is 7.28. The number of rotatable bonds is 2. The van der Waals surface area contributed by atoms with Crippen molar-refractivity contribution in [1.29, 1.82) is 0 Å². The molecule has 2 rings (SSSR count). The molecule has 0 aliphatic heterocycles. The van der Waals surface area contributed by atoms with Crippen LogP contribution in [0.5, 0.6) is 0 Å². The Bertz CT molecular complexity index is 359. The molecule has 0 fully saturated rings. The van der Waals surface area contributed by atoms with E-state index in [0.717, 1.165) is 0 Å². The lowest BCUT2D eigenvalue weighted by Gasteiger charge is -1.98. The van der Waals surface area contributed by atoms with Crippen molar-refractivity contribution in [1.82, 2.24) is 0 Å². The first-order chi connectivity index (χ1) is 6.40. The van der Waals surface area contributed by atoms with E-state index in [2.05, 4.69) is 41.3 Å². The highest BCUT2D eigenvalue weighted by atomic mass is 32.2. The van der Waals surface area contributed by atoms with Gasteiger partial charge in [-0.15, -0.1) is 23.1 Å². The number of thiophene rings is 1. The fourth-order valence-electron chi connectivity index (χ4n) is 1.16. The van der Waals surface area contributed by atoms with E-state index in [1.165, 1.54) is 16.0 Å². The third-order valence-corrected chi connectivity index (χ3v) is 3.26. The van der Waals surface area contributed by atoms with Crippen LogP contribution < -0.4 is 0 Å². The van der Waals surface area contributed by atoms with Gasteiger partial charge in [-0.25, -0.2) is 0 Å². The highest BCUT2D eigenvalue weighted by molar-refractivity contribution is 7.98. The lowest BCUT2D eigenvalue weighted by molar-refractivity contribution is 1.47. The van der Waals surface area contributed by atoms with Gasteiger partial charge in [0.15, 0.2) is 0 Å². The highest BCUT2D eigenvalue weighted by Crippen LogP contribution is 2.24. The number of benzene rings is 1. The lowest BCUT2D eigenvalue weighted by atomic mass is 10.1. The first kappa shape index (κ1) is 8.85. The smallest absolute Gasteiger partial charge is 0.0449 e. The number of hydrogen-bond donors (Lipinski definition) is 0. The topological polar surface area (TPSA) is 0 Å². The van der Waals surface area contributed by atoms with Gasteiger partial charge in [0.1, 0.15) is 0 Å². The van der Waals surface area contributed by atoms with Gasteiger partial charge < -0.3 is 0 Å². The Hall–Kier alpha value is -0.730. The minimum Gasteiger partial charge on any atom is -0.142 e. The van der Waals surface area contributed by atoms with Crippen molar-refractivity contribution in [2.75, 3.05) is 6.26 Å². The Kier molecular flexibility index (Phi) is 2.71. The van der Waals surface area contributed by atoms with E-state index in [1.807, 2.05) is 6.07 Å². The third-order valence-electron chi connectivity index (χ3n) is 1.89. The van der Waals surface area contributed by atoms with E-state index in [0.29, 0.717) is 0 Å². The molecule has 0 N–H and O–H groups in total. The average molecular weight is 205 g/mol. The molecule has 0 spiro atoms. The quantitative estimate of drug-likeness (QED) is 0.669. The van der Waals surface area contributed by atoms with Gasteiger partial charge in [0.05, 0.1) is 0 Å². The van der Waals surface area contributed by atoms with Gasteiger partial charge in [-0.05, 0) is 41.0 Å². The molecule has 1 aromatic carbocycles. The zero-order valence-corrected chi connectivity index (χ0v) is 8.91. The minimum absolute atomic E-state index is 1.26. The van der Waals surface area contributed by atoms with Crippen LogP contribution in [-0.2, 0) is 0 Å². The van der Waals surface area contributed by atoms with Crippen molar-refractivity contribution in [3.63, 3.8) is 0 Å². The molecule has 0 saturated heterocycles. The molecule has 2 heteroatoms. The van der Waals surface area contributed by atoms with Crippen LogP contribution in [0.2, 0.25) is 0 Å². The maximum Gasteiger partial charge on any atom is 0.0449 e. The molecule has 1 radical (unpaired) electrons. The van der Waals surface area contributed by atoms with Crippen LogP contribution in [0.4, 0.5) is 0 Å². The molecule has 0 nitrogen and oxygen atoms in total. The molecule has 1 aromatic heterocycles. The van der Waals surface area contributed by atoms with E-state index < -0.39 is 0 Å². The molecular formula is C11H9S2. The van der Waals surface area contributed by atoms with E-state index in [4.69, 9.17) is 0 Å². The first-order valence-corrected chi connectivity index (χ1v) is 6.09. The molecule has 0 bridgehead atoms. The summed E-state index contributed by atoms with van der Waals surface area (Å²) in [5, 5.41) is 5.21. The summed E-state index contributed by atoms with van der Waals surface area (Å²) in [6.07, 6.45) is 2.09. The minimum atomic E-state index is 1.26. The predicted molar refractivity (Wildman–Crippen MR) is 60.4 cm³/mol. The molecule has 65 valence electrons. The molecular weight excluding hydrogens is 196 g/mol. The summed E-state index contributed by atoms with van der Waals surface area (Å²) < 4.78 is 0. The molecule has 0 unspecified atom stereocenters. The van der Waals surface area contributed by atoms with Crippen molar-refractivity contribution in [3.8, 4) is 11.1 Å². The van der Waals surface area contributed by atoms with Crippen LogP contribution in [0.1, 0.15) is 0 Å². The van der Waals surface area contributed by atoms with Crippen molar-refractivity contribution in [2.24, 2.45) is 0 Å². The SMILES string of the molecule is CSc1ccc(-c2c[c]sc2)cc1. The average Bonchev–Trinajstić information content (AvgIpc) is 2.71. The second-order valence-corrected chi connectivity index (χ2v) is 4.27.